The quantitative estimate of drug-likeness (QED) is 0.0949. The average Bonchev–Trinajstić information content (AvgIpc) is 3.94. The second kappa shape index (κ2) is 20.7. The summed E-state index contributed by atoms with van der Waals surface area (Å²) in [6.07, 6.45) is -3.64. The molecule has 57 heavy (non-hydrogen) atoms. The zero-order valence-corrected chi connectivity index (χ0v) is 34.2. The number of aliphatic hydroxyl groups is 5. The molecule has 2 heterocycles. The fraction of sp³-hybridized carbons (Fsp3) is 0.590. The third-order valence-corrected chi connectivity index (χ3v) is 12.5. The molecule has 314 valence electrons. The molecule has 0 aromatic heterocycles. The van der Waals surface area contributed by atoms with Gasteiger partial charge in [0.1, 0.15) is 30.5 Å². The number of nitrogens with one attached hydrogen (secondary N) is 1. The monoisotopic (exact) mass is 853 g/mol. The van der Waals surface area contributed by atoms with Gasteiger partial charge in [-0.1, -0.05) is 35.3 Å². The highest BCUT2D eigenvalue weighted by molar-refractivity contribution is 7.99. The van der Waals surface area contributed by atoms with Crippen LogP contribution in [0.4, 0.5) is 11.4 Å². The summed E-state index contributed by atoms with van der Waals surface area (Å²) in [6.45, 7) is 0.647. The van der Waals surface area contributed by atoms with E-state index in [2.05, 4.69) is 21.2 Å². The minimum absolute atomic E-state index is 0.0370. The fourth-order valence-corrected chi connectivity index (χ4v) is 8.93. The second-order valence-electron chi connectivity index (χ2n) is 15.0. The second-order valence-corrected chi connectivity index (χ2v) is 16.8. The number of fused-ring (bicyclic) bond motifs is 1. The third-order valence-electron chi connectivity index (χ3n) is 10.7. The number of hydrogen-bond acceptors (Lipinski definition) is 12. The van der Waals surface area contributed by atoms with Gasteiger partial charge in [0.15, 0.2) is 0 Å². The molecule has 0 unspecified atom stereocenters. The number of carboxylic acid groups (broad SMARTS) is 1. The van der Waals surface area contributed by atoms with E-state index in [9.17, 15) is 44.7 Å². The van der Waals surface area contributed by atoms with Crippen molar-refractivity contribution in [2.24, 2.45) is 0 Å². The molecular formula is C39H53Cl2N5O10S. The number of anilines is 2. The van der Waals surface area contributed by atoms with E-state index >= 15 is 0 Å². The number of carbonyl (C=O) groups excluding carboxylic acids is 3. The number of aliphatic carboxylic acids is 1. The summed E-state index contributed by atoms with van der Waals surface area (Å²) in [4.78, 5) is 58.6. The number of halogens is 2. The lowest BCUT2D eigenvalue weighted by Gasteiger charge is -2.39. The van der Waals surface area contributed by atoms with Crippen LogP contribution in [0.5, 0.6) is 0 Å². The zero-order valence-electron chi connectivity index (χ0n) is 31.9. The topological polar surface area (TPSA) is 215 Å². The fourth-order valence-electron chi connectivity index (χ4n) is 7.22. The Labute approximate surface area is 346 Å². The zero-order chi connectivity index (χ0) is 41.4. The van der Waals surface area contributed by atoms with Crippen molar-refractivity contribution in [3.05, 3.63) is 57.6 Å². The summed E-state index contributed by atoms with van der Waals surface area (Å²) >= 11 is 15.2. The lowest BCUT2D eigenvalue weighted by molar-refractivity contribution is -0.143. The van der Waals surface area contributed by atoms with Gasteiger partial charge in [0, 0.05) is 73.8 Å². The molecule has 1 saturated heterocycles. The standard InChI is InChI=1S/C39H53Cl2N5O10S/c1-43(19-32(48)36(52)37(53)33(49)20-47)35(51)13-12-28(39(55)56)42-34(50)9-5-2-6-23-16-27(41)24(17-26(23)40)18-44-22-57-21-31(44)38(54)46-15-14-45(25-10-11-25)29-7-3-4-8-30(29)46/h3-4,7-8,16-17,25,28,31-33,36-37,47-49,52-53H,2,5-6,9-15,18-22H2,1H3,(H,42,50)(H,55,56)/t28-,31-,32-,33+,36+,37+/m0/s1. The van der Waals surface area contributed by atoms with Crippen LogP contribution >= 0.6 is 35.0 Å². The van der Waals surface area contributed by atoms with Crippen LogP contribution in [-0.4, -0.2) is 152 Å². The number of thioether (sulfide) groups is 1. The third kappa shape index (κ3) is 11.7. The van der Waals surface area contributed by atoms with Crippen molar-refractivity contribution < 1.29 is 49.8 Å². The molecule has 18 heteroatoms. The number of hydrogen-bond donors (Lipinski definition) is 7. The number of aryl methyl sites for hydroxylation is 1. The Hall–Kier alpha value is -3.19. The lowest BCUT2D eigenvalue weighted by atomic mass is 10.0. The van der Waals surface area contributed by atoms with E-state index in [4.69, 9.17) is 28.3 Å². The van der Waals surface area contributed by atoms with Gasteiger partial charge in [0.2, 0.25) is 17.7 Å². The molecule has 0 bridgehead atoms. The van der Waals surface area contributed by atoms with Gasteiger partial charge in [-0.2, -0.15) is 0 Å². The van der Waals surface area contributed by atoms with E-state index in [0.717, 1.165) is 33.9 Å². The number of carbonyl (C=O) groups is 4. The van der Waals surface area contributed by atoms with Gasteiger partial charge in [0.05, 0.1) is 24.0 Å². The molecule has 3 aliphatic rings. The molecule has 6 atom stereocenters. The SMILES string of the molecule is CN(C[C@H](O)[C@@H](O)[C@H](O)[C@H](O)CO)C(=O)CC[C@H](NC(=O)CCCCc1cc(Cl)c(CN2CSC[C@H]2C(=O)N2CCN(C3CC3)c3ccccc32)cc1Cl)C(=O)O. The maximum atomic E-state index is 14.0. The van der Waals surface area contributed by atoms with Crippen molar-refractivity contribution in [3.63, 3.8) is 0 Å². The number of rotatable bonds is 20. The molecular weight excluding hydrogens is 801 g/mol. The Morgan fingerprint density at radius 1 is 0.930 bits per heavy atom. The molecule has 2 aliphatic heterocycles. The number of nitrogens with zero attached hydrogens (tertiary/aromatic N) is 4. The highest BCUT2D eigenvalue weighted by Crippen LogP contribution is 2.41. The molecule has 2 fully saturated rings. The van der Waals surface area contributed by atoms with E-state index in [1.807, 2.05) is 35.2 Å². The minimum Gasteiger partial charge on any atom is -0.480 e. The molecule has 1 saturated carbocycles. The maximum Gasteiger partial charge on any atom is 0.326 e. The van der Waals surface area contributed by atoms with Gasteiger partial charge < -0.3 is 50.7 Å². The first-order chi connectivity index (χ1) is 27.2. The maximum absolute atomic E-state index is 14.0. The van der Waals surface area contributed by atoms with Gasteiger partial charge in [0.25, 0.3) is 0 Å². The van der Waals surface area contributed by atoms with E-state index in [0.29, 0.717) is 60.1 Å². The van der Waals surface area contributed by atoms with Crippen molar-refractivity contribution in [1.29, 1.82) is 0 Å². The van der Waals surface area contributed by atoms with Gasteiger partial charge in [-0.25, -0.2) is 4.79 Å². The van der Waals surface area contributed by atoms with Crippen molar-refractivity contribution in [2.45, 2.75) is 100 Å². The van der Waals surface area contributed by atoms with Crippen LogP contribution in [0.15, 0.2) is 36.4 Å². The first-order valence-corrected chi connectivity index (χ1v) is 21.2. The van der Waals surface area contributed by atoms with Crippen LogP contribution in [0, 0.1) is 0 Å². The van der Waals surface area contributed by atoms with Crippen molar-refractivity contribution in [1.82, 2.24) is 15.1 Å². The predicted octanol–water partition coefficient (Wildman–Crippen LogP) is 1.84. The Balaban J connectivity index is 1.06. The predicted molar refractivity (Wildman–Crippen MR) is 217 cm³/mol. The molecule has 15 nitrogen and oxygen atoms in total. The van der Waals surface area contributed by atoms with Crippen molar-refractivity contribution >= 4 is 70.0 Å². The first-order valence-electron chi connectivity index (χ1n) is 19.2. The number of carboxylic acids is 1. The molecule has 3 amide bonds. The van der Waals surface area contributed by atoms with E-state index in [1.54, 1.807) is 11.8 Å². The number of likely N-dealkylation sites (N-methyl/N-ethyl adjacent to an activating group) is 1. The number of amides is 3. The Kier molecular flexibility index (Phi) is 16.3. The number of benzene rings is 2. The molecule has 1 aliphatic carbocycles. The average molecular weight is 855 g/mol. The van der Waals surface area contributed by atoms with Gasteiger partial charge in [-0.05, 0) is 73.9 Å². The molecule has 0 spiro atoms. The summed E-state index contributed by atoms with van der Waals surface area (Å²) in [5, 5.41) is 61.4. The Morgan fingerprint density at radius 3 is 2.28 bits per heavy atom. The summed E-state index contributed by atoms with van der Waals surface area (Å²) in [7, 11) is 1.30. The van der Waals surface area contributed by atoms with Crippen molar-refractivity contribution in [2.75, 3.05) is 54.7 Å². The largest absolute Gasteiger partial charge is 0.480 e. The number of para-hydroxylation sites is 2. The Bertz CT molecular complexity index is 1740. The van der Waals surface area contributed by atoms with Crippen LogP contribution in [0.2, 0.25) is 10.0 Å². The summed E-state index contributed by atoms with van der Waals surface area (Å²) in [5.41, 5.74) is 3.71. The molecule has 0 radical (unpaired) electrons. The van der Waals surface area contributed by atoms with Crippen LogP contribution in [-0.2, 0) is 32.1 Å². The smallest absolute Gasteiger partial charge is 0.326 e. The number of unbranched alkanes of at least 4 members (excludes halogenated alkanes) is 1. The summed E-state index contributed by atoms with van der Waals surface area (Å²) < 4.78 is 0. The molecule has 5 rings (SSSR count). The van der Waals surface area contributed by atoms with Crippen molar-refractivity contribution in [3.8, 4) is 0 Å². The summed E-state index contributed by atoms with van der Waals surface area (Å²) in [6, 6.07) is 10.7. The van der Waals surface area contributed by atoms with Crippen LogP contribution in [0.1, 0.15) is 56.1 Å². The van der Waals surface area contributed by atoms with Crippen LogP contribution in [0.25, 0.3) is 0 Å². The van der Waals surface area contributed by atoms with E-state index in [-0.39, 0.29) is 31.2 Å². The molecule has 7 N–H and O–H groups in total. The van der Waals surface area contributed by atoms with Gasteiger partial charge in [-0.15, -0.1) is 11.8 Å². The Morgan fingerprint density at radius 2 is 1.60 bits per heavy atom. The molecule has 2 aromatic rings. The van der Waals surface area contributed by atoms with Crippen LogP contribution < -0.4 is 15.1 Å². The number of aliphatic hydroxyl groups excluding tert-OH is 5. The lowest BCUT2D eigenvalue weighted by Crippen LogP contribution is -2.52. The van der Waals surface area contributed by atoms with Gasteiger partial charge >= 0.3 is 5.97 Å². The minimum atomic E-state index is -1.85. The van der Waals surface area contributed by atoms with Gasteiger partial charge in [-0.3, -0.25) is 19.3 Å². The van der Waals surface area contributed by atoms with E-state index < -0.39 is 61.4 Å². The summed E-state index contributed by atoms with van der Waals surface area (Å²) in [5.74, 6) is -0.945. The molecule has 2 aromatic carbocycles. The van der Waals surface area contributed by atoms with E-state index in [1.165, 1.54) is 19.9 Å². The first kappa shape index (κ1) is 44.9. The highest BCUT2D eigenvalue weighted by Gasteiger charge is 2.40. The normalized spacial score (nSPS) is 19.7. The highest BCUT2D eigenvalue weighted by atomic mass is 35.5. The van der Waals surface area contributed by atoms with Crippen LogP contribution in [0.3, 0.4) is 0 Å².